The lowest BCUT2D eigenvalue weighted by molar-refractivity contribution is 0.235. The van der Waals surface area contributed by atoms with Crippen molar-refractivity contribution in [2.75, 3.05) is 18.8 Å². The highest BCUT2D eigenvalue weighted by atomic mass is 32.2. The first-order valence-electron chi connectivity index (χ1n) is 6.77. The second-order valence-corrected chi connectivity index (χ2v) is 6.99. The van der Waals surface area contributed by atoms with Gasteiger partial charge in [0.15, 0.2) is 0 Å². The van der Waals surface area contributed by atoms with E-state index in [4.69, 9.17) is 0 Å². The molecule has 0 aliphatic rings. The minimum Gasteiger partial charge on any atom is -0.338 e. The summed E-state index contributed by atoms with van der Waals surface area (Å²) in [6, 6.07) is 6.33. The zero-order valence-electron chi connectivity index (χ0n) is 12.3. The summed E-state index contributed by atoms with van der Waals surface area (Å²) in [6.45, 7) is 7.53. The van der Waals surface area contributed by atoms with E-state index >= 15 is 0 Å². The molecule has 1 aromatic rings. The molecule has 0 saturated carbocycles. The van der Waals surface area contributed by atoms with Gasteiger partial charge in [-0.15, -0.1) is 11.8 Å². The van der Waals surface area contributed by atoms with Gasteiger partial charge >= 0.3 is 6.03 Å². The fourth-order valence-electron chi connectivity index (χ4n) is 1.40. The van der Waals surface area contributed by atoms with Gasteiger partial charge in [0, 0.05) is 18.0 Å². The molecule has 0 radical (unpaired) electrons. The number of halogens is 1. The predicted octanol–water partition coefficient (Wildman–Crippen LogP) is 3.65. The van der Waals surface area contributed by atoms with Crippen LogP contribution in [0.1, 0.15) is 27.2 Å². The Labute approximate surface area is 124 Å². The van der Waals surface area contributed by atoms with Crippen LogP contribution in [0.5, 0.6) is 0 Å². The first kappa shape index (κ1) is 16.8. The van der Waals surface area contributed by atoms with Gasteiger partial charge in [-0.2, -0.15) is 0 Å². The molecule has 1 rings (SSSR count). The number of amides is 2. The van der Waals surface area contributed by atoms with Crippen molar-refractivity contribution >= 4 is 17.8 Å². The summed E-state index contributed by atoms with van der Waals surface area (Å²) < 4.78 is 12.7. The minimum absolute atomic E-state index is 0.0930. The van der Waals surface area contributed by atoms with E-state index in [2.05, 4.69) is 31.4 Å². The highest BCUT2D eigenvalue weighted by Gasteiger charge is 2.11. The third-order valence-corrected chi connectivity index (χ3v) is 3.57. The van der Waals surface area contributed by atoms with E-state index in [9.17, 15) is 9.18 Å². The van der Waals surface area contributed by atoms with E-state index < -0.39 is 0 Å². The maximum absolute atomic E-state index is 12.7. The third-order valence-electron chi connectivity index (χ3n) is 2.47. The molecule has 112 valence electrons. The highest BCUT2D eigenvalue weighted by Crippen LogP contribution is 2.18. The fourth-order valence-corrected chi connectivity index (χ4v) is 2.26. The Morgan fingerprint density at radius 1 is 1.20 bits per heavy atom. The summed E-state index contributed by atoms with van der Waals surface area (Å²) in [7, 11) is 0. The van der Waals surface area contributed by atoms with E-state index in [1.165, 1.54) is 12.1 Å². The van der Waals surface area contributed by atoms with Crippen LogP contribution in [0.2, 0.25) is 0 Å². The first-order chi connectivity index (χ1) is 9.37. The van der Waals surface area contributed by atoms with Crippen molar-refractivity contribution in [3.63, 3.8) is 0 Å². The lowest BCUT2D eigenvalue weighted by Crippen LogP contribution is -2.40. The molecule has 0 unspecified atom stereocenters. The average Bonchev–Trinajstić information content (AvgIpc) is 2.37. The van der Waals surface area contributed by atoms with Gasteiger partial charge in [0.1, 0.15) is 5.82 Å². The van der Waals surface area contributed by atoms with E-state index in [0.717, 1.165) is 17.1 Å². The molecule has 1 aromatic carbocycles. The standard InChI is InChI=1S/C15H23FN2OS/c1-15(2,3)11-18-14(19)17-9-4-10-20-13-7-5-12(16)6-8-13/h5-8H,4,9-11H2,1-3H3,(H2,17,18,19). The van der Waals surface area contributed by atoms with E-state index in [1.807, 2.05) is 0 Å². The number of nitrogens with one attached hydrogen (secondary N) is 2. The number of hydrogen-bond acceptors (Lipinski definition) is 2. The number of thioether (sulfide) groups is 1. The van der Waals surface area contributed by atoms with Crippen molar-refractivity contribution in [1.82, 2.24) is 10.6 Å². The summed E-state index contributed by atoms with van der Waals surface area (Å²) in [6.07, 6.45) is 0.880. The quantitative estimate of drug-likeness (QED) is 0.621. The van der Waals surface area contributed by atoms with Gasteiger partial charge in [0.2, 0.25) is 0 Å². The molecule has 0 heterocycles. The Balaban J connectivity index is 2.07. The van der Waals surface area contributed by atoms with Crippen LogP contribution in [-0.4, -0.2) is 24.9 Å². The van der Waals surface area contributed by atoms with Gasteiger partial charge in [-0.1, -0.05) is 20.8 Å². The van der Waals surface area contributed by atoms with Crippen LogP contribution in [0.25, 0.3) is 0 Å². The number of benzene rings is 1. The molecule has 0 saturated heterocycles. The minimum atomic E-state index is -0.216. The molecule has 0 aliphatic heterocycles. The number of rotatable bonds is 6. The van der Waals surface area contributed by atoms with Crippen LogP contribution in [-0.2, 0) is 0 Å². The molecule has 20 heavy (non-hydrogen) atoms. The molecule has 2 N–H and O–H groups in total. The number of carbonyl (C=O) groups is 1. The Morgan fingerprint density at radius 3 is 2.45 bits per heavy atom. The molecular formula is C15H23FN2OS. The topological polar surface area (TPSA) is 41.1 Å². The van der Waals surface area contributed by atoms with Crippen molar-refractivity contribution in [2.45, 2.75) is 32.1 Å². The van der Waals surface area contributed by atoms with Gasteiger partial charge in [-0.25, -0.2) is 9.18 Å². The first-order valence-corrected chi connectivity index (χ1v) is 7.75. The Hall–Kier alpha value is -1.23. The van der Waals surface area contributed by atoms with Crippen molar-refractivity contribution in [3.05, 3.63) is 30.1 Å². The SMILES string of the molecule is CC(C)(C)CNC(=O)NCCCSc1ccc(F)cc1. The maximum atomic E-state index is 12.7. The van der Waals surface area contributed by atoms with Crippen LogP contribution in [0.4, 0.5) is 9.18 Å². The summed E-state index contributed by atoms with van der Waals surface area (Å²) in [5, 5.41) is 5.67. The van der Waals surface area contributed by atoms with Crippen molar-refractivity contribution in [2.24, 2.45) is 5.41 Å². The van der Waals surface area contributed by atoms with Gasteiger partial charge in [-0.05, 0) is 41.9 Å². The Bertz CT molecular complexity index is 415. The van der Waals surface area contributed by atoms with Crippen LogP contribution < -0.4 is 10.6 Å². The lowest BCUT2D eigenvalue weighted by Gasteiger charge is -2.18. The van der Waals surface area contributed by atoms with Crippen molar-refractivity contribution in [3.8, 4) is 0 Å². The number of urea groups is 1. The molecule has 0 bridgehead atoms. The van der Waals surface area contributed by atoms with Crippen LogP contribution in [0, 0.1) is 11.2 Å². The van der Waals surface area contributed by atoms with Gasteiger partial charge < -0.3 is 10.6 Å². The predicted molar refractivity (Wildman–Crippen MR) is 82.6 cm³/mol. The zero-order valence-corrected chi connectivity index (χ0v) is 13.1. The zero-order chi connectivity index (χ0) is 15.0. The van der Waals surface area contributed by atoms with Gasteiger partial charge in [-0.3, -0.25) is 0 Å². The molecule has 0 aliphatic carbocycles. The molecular weight excluding hydrogens is 275 g/mol. The molecule has 2 amide bonds. The number of hydrogen-bond donors (Lipinski definition) is 2. The summed E-state index contributed by atoms with van der Waals surface area (Å²) in [4.78, 5) is 12.5. The van der Waals surface area contributed by atoms with E-state index in [1.54, 1.807) is 23.9 Å². The van der Waals surface area contributed by atoms with Gasteiger partial charge in [0.25, 0.3) is 0 Å². The molecule has 5 heteroatoms. The molecule has 0 aromatic heterocycles. The fraction of sp³-hybridized carbons (Fsp3) is 0.533. The Kier molecular flexibility index (Phi) is 6.85. The van der Waals surface area contributed by atoms with E-state index in [0.29, 0.717) is 13.1 Å². The number of carbonyl (C=O) groups excluding carboxylic acids is 1. The second kappa shape index (κ2) is 8.15. The average molecular weight is 298 g/mol. The van der Waals surface area contributed by atoms with Crippen molar-refractivity contribution < 1.29 is 9.18 Å². The van der Waals surface area contributed by atoms with Crippen LogP contribution >= 0.6 is 11.8 Å². The van der Waals surface area contributed by atoms with Crippen LogP contribution in [0.3, 0.4) is 0 Å². The highest BCUT2D eigenvalue weighted by molar-refractivity contribution is 7.99. The third kappa shape index (κ3) is 8.04. The Morgan fingerprint density at radius 2 is 1.85 bits per heavy atom. The smallest absolute Gasteiger partial charge is 0.314 e. The maximum Gasteiger partial charge on any atom is 0.314 e. The van der Waals surface area contributed by atoms with Crippen molar-refractivity contribution in [1.29, 1.82) is 0 Å². The normalized spacial score (nSPS) is 11.2. The molecule has 0 fully saturated rings. The molecule has 3 nitrogen and oxygen atoms in total. The monoisotopic (exact) mass is 298 g/mol. The molecule has 0 spiro atoms. The lowest BCUT2D eigenvalue weighted by atomic mass is 9.97. The van der Waals surface area contributed by atoms with Crippen LogP contribution in [0.15, 0.2) is 29.2 Å². The summed E-state index contributed by atoms with van der Waals surface area (Å²) in [5.74, 6) is 0.678. The largest absolute Gasteiger partial charge is 0.338 e. The van der Waals surface area contributed by atoms with E-state index in [-0.39, 0.29) is 17.3 Å². The summed E-state index contributed by atoms with van der Waals surface area (Å²) in [5.41, 5.74) is 0.0930. The van der Waals surface area contributed by atoms with Gasteiger partial charge in [0.05, 0.1) is 0 Å². The molecule has 0 atom stereocenters. The second-order valence-electron chi connectivity index (χ2n) is 5.83. The summed E-state index contributed by atoms with van der Waals surface area (Å²) >= 11 is 1.66.